The zero-order valence-electron chi connectivity index (χ0n) is 8.17. The lowest BCUT2D eigenvalue weighted by molar-refractivity contribution is -0.142. The Hall–Kier alpha value is -1.06. The average Bonchev–Trinajstić information content (AvgIpc) is 2.10. The van der Waals surface area contributed by atoms with Crippen LogP contribution in [0.25, 0.3) is 0 Å². The Morgan fingerprint density at radius 1 is 1.69 bits per heavy atom. The zero-order chi connectivity index (χ0) is 9.84. The minimum Gasteiger partial charge on any atom is -0.353 e. The molecular formula is C9H16N2O2. The fourth-order valence-electron chi connectivity index (χ4n) is 1.48. The fraction of sp³-hybridized carbons (Fsp3) is 0.778. The summed E-state index contributed by atoms with van der Waals surface area (Å²) < 4.78 is 0. The second-order valence-electron chi connectivity index (χ2n) is 3.30. The first-order chi connectivity index (χ1) is 6.16. The van der Waals surface area contributed by atoms with Gasteiger partial charge in [-0.3, -0.25) is 9.59 Å². The maximum absolute atomic E-state index is 11.5. The van der Waals surface area contributed by atoms with Crippen molar-refractivity contribution >= 4 is 11.8 Å². The van der Waals surface area contributed by atoms with Crippen LogP contribution >= 0.6 is 0 Å². The Labute approximate surface area is 78.3 Å². The van der Waals surface area contributed by atoms with Crippen molar-refractivity contribution in [3.63, 3.8) is 0 Å². The summed E-state index contributed by atoms with van der Waals surface area (Å²) in [5.41, 5.74) is 0. The van der Waals surface area contributed by atoms with E-state index in [1.165, 1.54) is 0 Å². The predicted octanol–water partition coefficient (Wildman–Crippen LogP) is 0.133. The van der Waals surface area contributed by atoms with Gasteiger partial charge in [0.25, 0.3) is 0 Å². The summed E-state index contributed by atoms with van der Waals surface area (Å²) in [6, 6.07) is -0.298. The van der Waals surface area contributed by atoms with Crippen molar-refractivity contribution in [1.29, 1.82) is 0 Å². The van der Waals surface area contributed by atoms with Crippen molar-refractivity contribution in [2.45, 2.75) is 32.7 Å². The van der Waals surface area contributed by atoms with Crippen LogP contribution in [0.15, 0.2) is 0 Å². The van der Waals surface area contributed by atoms with Crippen LogP contribution in [0.2, 0.25) is 0 Å². The minimum absolute atomic E-state index is 0.0456. The highest BCUT2D eigenvalue weighted by Crippen LogP contribution is 2.06. The first-order valence-corrected chi connectivity index (χ1v) is 4.74. The first-order valence-electron chi connectivity index (χ1n) is 4.74. The van der Waals surface area contributed by atoms with E-state index in [0.29, 0.717) is 19.5 Å². The lowest BCUT2D eigenvalue weighted by Gasteiger charge is -2.32. The molecule has 0 bridgehead atoms. The van der Waals surface area contributed by atoms with E-state index in [9.17, 15) is 9.59 Å². The van der Waals surface area contributed by atoms with Gasteiger partial charge in [-0.1, -0.05) is 6.92 Å². The maximum Gasteiger partial charge on any atom is 0.242 e. The van der Waals surface area contributed by atoms with Gasteiger partial charge in [0.05, 0.1) is 0 Å². The van der Waals surface area contributed by atoms with Gasteiger partial charge in [-0.2, -0.15) is 0 Å². The molecule has 1 fully saturated rings. The molecule has 1 rings (SSSR count). The Bertz CT molecular complexity index is 216. The molecule has 1 heterocycles. The molecule has 1 saturated heterocycles. The summed E-state index contributed by atoms with van der Waals surface area (Å²) in [6.45, 7) is 4.96. The van der Waals surface area contributed by atoms with Crippen LogP contribution in [0, 0.1) is 0 Å². The number of nitrogens with zero attached hydrogens (tertiary/aromatic N) is 1. The maximum atomic E-state index is 11.5. The number of carbonyl (C=O) groups is 2. The number of hydrogen-bond acceptors (Lipinski definition) is 2. The van der Waals surface area contributed by atoms with Crippen LogP contribution < -0.4 is 5.32 Å². The van der Waals surface area contributed by atoms with E-state index in [-0.39, 0.29) is 17.9 Å². The van der Waals surface area contributed by atoms with Gasteiger partial charge in [0.2, 0.25) is 11.8 Å². The molecule has 0 saturated carbocycles. The van der Waals surface area contributed by atoms with Crippen molar-refractivity contribution < 1.29 is 9.59 Å². The average molecular weight is 184 g/mol. The van der Waals surface area contributed by atoms with Crippen LogP contribution in [0.3, 0.4) is 0 Å². The summed E-state index contributed by atoms with van der Waals surface area (Å²) in [7, 11) is 0. The standard InChI is InChI=1S/C9H16N2O2/c1-3-4-8(12)11-6-5-10-9(13)7(11)2/h7H,3-6H2,1-2H3,(H,10,13). The third-order valence-corrected chi connectivity index (χ3v) is 2.28. The molecule has 0 aromatic heterocycles. The van der Waals surface area contributed by atoms with E-state index in [2.05, 4.69) is 5.32 Å². The number of rotatable bonds is 2. The molecule has 1 aliphatic heterocycles. The molecule has 1 N–H and O–H groups in total. The predicted molar refractivity (Wildman–Crippen MR) is 49.1 cm³/mol. The highest BCUT2D eigenvalue weighted by molar-refractivity contribution is 5.88. The van der Waals surface area contributed by atoms with Gasteiger partial charge in [0.15, 0.2) is 0 Å². The van der Waals surface area contributed by atoms with Crippen molar-refractivity contribution in [1.82, 2.24) is 10.2 Å². The van der Waals surface area contributed by atoms with Crippen molar-refractivity contribution in [3.05, 3.63) is 0 Å². The normalized spacial score (nSPS) is 22.8. The monoisotopic (exact) mass is 184 g/mol. The van der Waals surface area contributed by atoms with Gasteiger partial charge in [-0.25, -0.2) is 0 Å². The Morgan fingerprint density at radius 3 is 3.00 bits per heavy atom. The van der Waals surface area contributed by atoms with E-state index in [1.54, 1.807) is 11.8 Å². The van der Waals surface area contributed by atoms with Gasteiger partial charge in [0, 0.05) is 19.5 Å². The van der Waals surface area contributed by atoms with Crippen LogP contribution in [0.4, 0.5) is 0 Å². The van der Waals surface area contributed by atoms with Crippen molar-refractivity contribution in [2.75, 3.05) is 13.1 Å². The van der Waals surface area contributed by atoms with E-state index < -0.39 is 0 Å². The largest absolute Gasteiger partial charge is 0.353 e. The van der Waals surface area contributed by atoms with E-state index >= 15 is 0 Å². The Kier molecular flexibility index (Phi) is 3.28. The minimum atomic E-state index is -0.298. The summed E-state index contributed by atoms with van der Waals surface area (Å²) in [4.78, 5) is 24.4. The summed E-state index contributed by atoms with van der Waals surface area (Å²) in [5.74, 6) is 0.0422. The van der Waals surface area contributed by atoms with Crippen LogP contribution in [-0.2, 0) is 9.59 Å². The van der Waals surface area contributed by atoms with Gasteiger partial charge in [0.1, 0.15) is 6.04 Å². The molecule has 0 aromatic rings. The lowest BCUT2D eigenvalue weighted by Crippen LogP contribution is -2.55. The van der Waals surface area contributed by atoms with E-state index in [4.69, 9.17) is 0 Å². The Morgan fingerprint density at radius 2 is 2.38 bits per heavy atom. The highest BCUT2D eigenvalue weighted by Gasteiger charge is 2.28. The molecule has 0 aromatic carbocycles. The topological polar surface area (TPSA) is 49.4 Å². The van der Waals surface area contributed by atoms with Crippen LogP contribution in [0.5, 0.6) is 0 Å². The first kappa shape index (κ1) is 10.0. The Balaban J connectivity index is 2.57. The SMILES string of the molecule is CCCC(=O)N1CCNC(=O)C1C. The summed E-state index contributed by atoms with van der Waals surface area (Å²) in [6.07, 6.45) is 1.38. The van der Waals surface area contributed by atoms with Gasteiger partial charge >= 0.3 is 0 Å². The molecule has 0 spiro atoms. The second kappa shape index (κ2) is 4.25. The number of piperazine rings is 1. The third-order valence-electron chi connectivity index (χ3n) is 2.28. The molecule has 0 radical (unpaired) electrons. The van der Waals surface area contributed by atoms with E-state index in [0.717, 1.165) is 6.42 Å². The van der Waals surface area contributed by atoms with Crippen molar-refractivity contribution in [3.8, 4) is 0 Å². The molecule has 74 valence electrons. The molecule has 13 heavy (non-hydrogen) atoms. The number of carbonyl (C=O) groups excluding carboxylic acids is 2. The molecule has 1 unspecified atom stereocenters. The second-order valence-corrected chi connectivity index (χ2v) is 3.30. The van der Waals surface area contributed by atoms with Crippen LogP contribution in [-0.4, -0.2) is 35.8 Å². The van der Waals surface area contributed by atoms with Gasteiger partial charge < -0.3 is 10.2 Å². The lowest BCUT2D eigenvalue weighted by atomic mass is 10.2. The number of hydrogen-bond donors (Lipinski definition) is 1. The smallest absolute Gasteiger partial charge is 0.242 e. The number of amides is 2. The zero-order valence-corrected chi connectivity index (χ0v) is 8.17. The quantitative estimate of drug-likeness (QED) is 0.663. The molecule has 4 nitrogen and oxygen atoms in total. The molecule has 1 aliphatic rings. The molecule has 0 aliphatic carbocycles. The summed E-state index contributed by atoms with van der Waals surface area (Å²) >= 11 is 0. The van der Waals surface area contributed by atoms with E-state index in [1.807, 2.05) is 6.92 Å². The van der Waals surface area contributed by atoms with Crippen molar-refractivity contribution in [2.24, 2.45) is 0 Å². The van der Waals surface area contributed by atoms with Gasteiger partial charge in [-0.05, 0) is 13.3 Å². The molecule has 2 amide bonds. The highest BCUT2D eigenvalue weighted by atomic mass is 16.2. The van der Waals surface area contributed by atoms with Crippen LogP contribution in [0.1, 0.15) is 26.7 Å². The fourth-order valence-corrected chi connectivity index (χ4v) is 1.48. The third kappa shape index (κ3) is 2.20. The molecule has 4 heteroatoms. The number of nitrogens with one attached hydrogen (secondary N) is 1. The summed E-state index contributed by atoms with van der Waals surface area (Å²) in [5, 5.41) is 2.73. The van der Waals surface area contributed by atoms with Gasteiger partial charge in [-0.15, -0.1) is 0 Å². The molecule has 1 atom stereocenters. The molecular weight excluding hydrogens is 168 g/mol.